The van der Waals surface area contributed by atoms with Crippen molar-refractivity contribution in [2.24, 2.45) is 0 Å². The molecule has 1 amide bonds. The summed E-state index contributed by atoms with van der Waals surface area (Å²) < 4.78 is 5.49. The van der Waals surface area contributed by atoms with E-state index in [1.54, 1.807) is 43.4 Å². The maximum atomic E-state index is 13.3. The summed E-state index contributed by atoms with van der Waals surface area (Å²) in [6, 6.07) is 13.3. The van der Waals surface area contributed by atoms with Crippen LogP contribution >= 0.6 is 11.8 Å². The van der Waals surface area contributed by atoms with Crippen LogP contribution in [0, 0.1) is 12.3 Å². The number of amides is 1. The van der Waals surface area contributed by atoms with Crippen LogP contribution in [0.5, 0.6) is 0 Å². The number of anilines is 2. The fraction of sp³-hybridized carbons (Fsp3) is 0.296. The molecule has 186 valence electrons. The number of hydrogen-bond donors (Lipinski definition) is 3. The Morgan fingerprint density at radius 1 is 1.25 bits per heavy atom. The average molecular weight is 504 g/mol. The number of piperidine rings is 1. The minimum absolute atomic E-state index is 0.180. The van der Waals surface area contributed by atoms with Crippen molar-refractivity contribution >= 4 is 29.2 Å². The molecule has 1 saturated heterocycles. The molecule has 1 aromatic heterocycles. The fourth-order valence-electron chi connectivity index (χ4n) is 4.60. The molecule has 3 N–H and O–H groups in total. The minimum Gasteiger partial charge on any atom is -0.392 e. The van der Waals surface area contributed by atoms with Crippen molar-refractivity contribution in [3.8, 4) is 0 Å². The molecule has 0 aliphatic carbocycles. The molecule has 0 bridgehead atoms. The highest BCUT2D eigenvalue weighted by atomic mass is 32.2. The van der Waals surface area contributed by atoms with Crippen molar-refractivity contribution in [3.05, 3.63) is 83.9 Å². The molecule has 2 radical (unpaired) electrons. The molecular weight excluding hydrogens is 474 g/mol. The Hall–Kier alpha value is -2.98. The van der Waals surface area contributed by atoms with Crippen LogP contribution < -0.4 is 15.5 Å². The Morgan fingerprint density at radius 2 is 2.11 bits per heavy atom. The predicted octanol–water partition coefficient (Wildman–Crippen LogP) is 3.29. The van der Waals surface area contributed by atoms with Crippen LogP contribution in [-0.4, -0.2) is 54.0 Å². The smallest absolute Gasteiger partial charge is 0.251 e. The highest BCUT2D eigenvalue weighted by Crippen LogP contribution is 2.46. The molecule has 36 heavy (non-hydrogen) atoms. The van der Waals surface area contributed by atoms with E-state index in [0.29, 0.717) is 24.3 Å². The minimum atomic E-state index is -0.186. The van der Waals surface area contributed by atoms with E-state index < -0.39 is 0 Å². The molecule has 1 atom stereocenters. The molecule has 3 heterocycles. The quantitative estimate of drug-likeness (QED) is 0.431. The van der Waals surface area contributed by atoms with E-state index in [0.717, 1.165) is 52.4 Å². The van der Waals surface area contributed by atoms with Gasteiger partial charge in [-0.3, -0.25) is 9.69 Å². The van der Waals surface area contributed by atoms with E-state index in [-0.39, 0.29) is 18.6 Å². The average Bonchev–Trinajstić information content (AvgIpc) is 2.93. The number of methoxy groups -OCH3 is 1. The standard InChI is InChI=1S/C27H29N5O3S/c1-35-17-32-23-14-18(8-9-24(23)36-27-25(32)29-11-12-30-27)13-22(19-6-4-10-28-15-19)31-26(34)21-7-3-2-5-20(21)16-33/h2-3,5-9,11-12,14,22,28,33H,4,10,13,15-17H2,1H3,(H,31,34). The lowest BCUT2D eigenvalue weighted by molar-refractivity contribution is 0.0935. The molecule has 8 nitrogen and oxygen atoms in total. The summed E-state index contributed by atoms with van der Waals surface area (Å²) in [5, 5.41) is 17.2. The molecule has 1 fully saturated rings. The molecule has 2 aliphatic heterocycles. The number of aromatic nitrogens is 2. The second-order valence-corrected chi connectivity index (χ2v) is 9.76. The van der Waals surface area contributed by atoms with Gasteiger partial charge in [-0.25, -0.2) is 9.97 Å². The van der Waals surface area contributed by atoms with Crippen LogP contribution in [0.25, 0.3) is 0 Å². The van der Waals surface area contributed by atoms with Gasteiger partial charge in [0, 0.05) is 48.5 Å². The van der Waals surface area contributed by atoms with E-state index in [2.05, 4.69) is 45.2 Å². The van der Waals surface area contributed by atoms with Crippen molar-refractivity contribution < 1.29 is 14.6 Å². The summed E-state index contributed by atoms with van der Waals surface area (Å²) in [6.07, 6.45) is 7.16. The van der Waals surface area contributed by atoms with Gasteiger partial charge in [-0.1, -0.05) is 36.0 Å². The maximum absolute atomic E-state index is 13.3. The number of aliphatic hydroxyl groups excluding tert-OH is 1. The third kappa shape index (κ3) is 5.24. The number of rotatable bonds is 8. The number of ether oxygens (including phenoxy) is 1. The Labute approximate surface area is 215 Å². The van der Waals surface area contributed by atoms with Gasteiger partial charge in [0.25, 0.3) is 5.91 Å². The van der Waals surface area contributed by atoms with Crippen LogP contribution in [0.15, 0.2) is 64.8 Å². The van der Waals surface area contributed by atoms with Gasteiger partial charge < -0.3 is 20.5 Å². The molecule has 0 spiro atoms. The molecule has 1 unspecified atom stereocenters. The largest absolute Gasteiger partial charge is 0.392 e. The van der Waals surface area contributed by atoms with E-state index in [1.807, 2.05) is 17.0 Å². The maximum Gasteiger partial charge on any atom is 0.251 e. The van der Waals surface area contributed by atoms with Gasteiger partial charge in [0.05, 0.1) is 12.3 Å². The summed E-state index contributed by atoms with van der Waals surface area (Å²) in [6.45, 7) is 1.84. The molecule has 2 aromatic carbocycles. The van der Waals surface area contributed by atoms with Gasteiger partial charge >= 0.3 is 0 Å². The van der Waals surface area contributed by atoms with E-state index in [4.69, 9.17) is 4.74 Å². The SMILES string of the molecule is COCN1c2cc(CC(NC(=O)c3ccccc3CO)[C]3[CH]CCNC3)ccc2Sc2nccnc21. The first kappa shape index (κ1) is 24.7. The summed E-state index contributed by atoms with van der Waals surface area (Å²) >= 11 is 1.59. The number of nitrogens with zero attached hydrogens (tertiary/aromatic N) is 3. The van der Waals surface area contributed by atoms with Crippen LogP contribution in [0.4, 0.5) is 11.5 Å². The summed E-state index contributed by atoms with van der Waals surface area (Å²) in [4.78, 5) is 25.4. The van der Waals surface area contributed by atoms with Gasteiger partial charge in [-0.15, -0.1) is 0 Å². The normalized spacial score (nSPS) is 16.2. The van der Waals surface area contributed by atoms with Gasteiger partial charge in [0.1, 0.15) is 11.8 Å². The lowest BCUT2D eigenvalue weighted by Crippen LogP contribution is -2.46. The van der Waals surface area contributed by atoms with Crippen LogP contribution in [0.3, 0.4) is 0 Å². The zero-order chi connectivity index (χ0) is 24.9. The monoisotopic (exact) mass is 503 g/mol. The van der Waals surface area contributed by atoms with Crippen molar-refractivity contribution in [1.29, 1.82) is 0 Å². The van der Waals surface area contributed by atoms with Crippen LogP contribution in [-0.2, 0) is 17.8 Å². The number of benzene rings is 2. The second kappa shape index (κ2) is 11.4. The lowest BCUT2D eigenvalue weighted by atomic mass is 9.87. The number of nitrogens with one attached hydrogen (secondary N) is 2. The van der Waals surface area contributed by atoms with Crippen molar-refractivity contribution in [3.63, 3.8) is 0 Å². The second-order valence-electron chi connectivity index (χ2n) is 8.72. The van der Waals surface area contributed by atoms with E-state index in [1.165, 1.54) is 0 Å². The molecule has 9 heteroatoms. The summed E-state index contributed by atoms with van der Waals surface area (Å²) in [7, 11) is 1.67. The van der Waals surface area contributed by atoms with Crippen LogP contribution in [0.2, 0.25) is 0 Å². The third-order valence-electron chi connectivity index (χ3n) is 6.36. The Kier molecular flexibility index (Phi) is 7.81. The number of aliphatic hydroxyl groups is 1. The highest BCUT2D eigenvalue weighted by Gasteiger charge is 2.29. The highest BCUT2D eigenvalue weighted by molar-refractivity contribution is 7.99. The predicted molar refractivity (Wildman–Crippen MR) is 139 cm³/mol. The fourth-order valence-corrected chi connectivity index (χ4v) is 5.58. The Balaban J connectivity index is 1.42. The zero-order valence-electron chi connectivity index (χ0n) is 20.1. The summed E-state index contributed by atoms with van der Waals surface area (Å²) in [5.41, 5.74) is 3.22. The zero-order valence-corrected chi connectivity index (χ0v) is 20.9. The van der Waals surface area contributed by atoms with Gasteiger partial charge in [0.15, 0.2) is 5.82 Å². The van der Waals surface area contributed by atoms with Gasteiger partial charge in [-0.05, 0) is 55.1 Å². The number of hydrogen-bond acceptors (Lipinski definition) is 8. The summed E-state index contributed by atoms with van der Waals surface area (Å²) in [5.74, 6) is 1.75. The van der Waals surface area contributed by atoms with Crippen molar-refractivity contribution in [2.45, 2.75) is 35.4 Å². The first-order valence-electron chi connectivity index (χ1n) is 12.0. The third-order valence-corrected chi connectivity index (χ3v) is 7.41. The lowest BCUT2D eigenvalue weighted by Gasteiger charge is -2.33. The Bertz CT molecular complexity index is 1220. The first-order chi connectivity index (χ1) is 17.7. The topological polar surface area (TPSA) is 99.6 Å². The van der Waals surface area contributed by atoms with Gasteiger partial charge in [0.2, 0.25) is 0 Å². The molecule has 2 aliphatic rings. The van der Waals surface area contributed by atoms with Crippen LogP contribution in [0.1, 0.15) is 27.9 Å². The molecule has 0 saturated carbocycles. The van der Waals surface area contributed by atoms with E-state index in [9.17, 15) is 9.90 Å². The number of fused-ring (bicyclic) bond motifs is 2. The van der Waals surface area contributed by atoms with Crippen molar-refractivity contribution in [1.82, 2.24) is 20.6 Å². The Morgan fingerprint density at radius 3 is 2.92 bits per heavy atom. The first-order valence-corrected chi connectivity index (χ1v) is 12.8. The number of carbonyl (C=O) groups is 1. The molecule has 5 rings (SSSR count). The molecule has 3 aromatic rings. The van der Waals surface area contributed by atoms with Gasteiger partial charge in [-0.2, -0.15) is 0 Å². The van der Waals surface area contributed by atoms with E-state index >= 15 is 0 Å². The van der Waals surface area contributed by atoms with Crippen molar-refractivity contribution in [2.75, 3.05) is 31.8 Å². The number of carbonyl (C=O) groups excluding carboxylic acids is 1. The molecular formula is C27H29N5O3S.